The van der Waals surface area contributed by atoms with E-state index in [4.69, 9.17) is 6.57 Å². The van der Waals surface area contributed by atoms with Gasteiger partial charge in [-0.1, -0.05) is 96.6 Å². The number of aryl methyl sites for hydroxylation is 2. The van der Waals surface area contributed by atoms with E-state index in [1.807, 2.05) is 16.7 Å². The van der Waals surface area contributed by atoms with Crippen LogP contribution in [0.5, 0.6) is 0 Å². The zero-order valence-corrected chi connectivity index (χ0v) is 39.6. The van der Waals surface area contributed by atoms with Crippen LogP contribution in [0.2, 0.25) is 0 Å². The Bertz CT molecular complexity index is 4220. The standard InChI is InChI=1S/C61H35F12N3/c1-33-15-20-41(48(27-33)60(68,69)70)36-17-23-53-45(30-36)43-9-4-6-12-51(43)75(53)55-22-16-35(38-25-34(2)26-40(28-38)59(65,66)67)29-47(55)57-50(74-3)11-8-14-56(57)76-52-13-7-5-10-44(52)46-31-37(18-24-54(46)76)42-21-19-39(58(62,63)64)32-49(42)61(71,72)73/h4-32H,1-2H3. The summed E-state index contributed by atoms with van der Waals surface area (Å²) in [5.41, 5.74) is 0.0280. The minimum absolute atomic E-state index is 0.0236. The fourth-order valence-corrected chi connectivity index (χ4v) is 10.5. The number of alkyl halides is 12. The van der Waals surface area contributed by atoms with Crippen LogP contribution in [-0.4, -0.2) is 9.13 Å². The maximum atomic E-state index is 14.6. The molecule has 0 spiro atoms. The third-order valence-electron chi connectivity index (χ3n) is 13.7. The Balaban J connectivity index is 1.20. The van der Waals surface area contributed by atoms with Crippen molar-refractivity contribution in [1.82, 2.24) is 9.13 Å². The van der Waals surface area contributed by atoms with Gasteiger partial charge in [-0.2, -0.15) is 52.7 Å². The summed E-state index contributed by atoms with van der Waals surface area (Å²) in [6.07, 6.45) is -19.6. The molecule has 9 aromatic carbocycles. The molecule has 0 atom stereocenters. The number of benzene rings is 9. The first-order valence-electron chi connectivity index (χ1n) is 23.4. The van der Waals surface area contributed by atoms with Gasteiger partial charge in [-0.3, -0.25) is 0 Å². The number of nitrogens with zero attached hydrogens (tertiary/aromatic N) is 3. The predicted octanol–water partition coefficient (Wildman–Crippen LogP) is 19.8. The first-order chi connectivity index (χ1) is 36.0. The van der Waals surface area contributed by atoms with E-state index in [0.29, 0.717) is 94.4 Å². The Labute approximate surface area is 424 Å². The zero-order valence-electron chi connectivity index (χ0n) is 39.6. The molecule has 15 heteroatoms. The number of halogens is 12. The monoisotopic (exact) mass is 1040 g/mol. The molecule has 0 aliphatic carbocycles. The van der Waals surface area contributed by atoms with Crippen LogP contribution in [0, 0.1) is 20.4 Å². The Morgan fingerprint density at radius 1 is 0.355 bits per heavy atom. The normalized spacial score (nSPS) is 12.6. The quantitative estimate of drug-likeness (QED) is 0.116. The lowest BCUT2D eigenvalue weighted by atomic mass is 9.93. The molecule has 2 heterocycles. The smallest absolute Gasteiger partial charge is 0.310 e. The van der Waals surface area contributed by atoms with Gasteiger partial charge in [0.05, 0.1) is 56.6 Å². The van der Waals surface area contributed by atoms with E-state index in [-0.39, 0.29) is 28.4 Å². The fourth-order valence-electron chi connectivity index (χ4n) is 10.5. The molecule has 0 aliphatic rings. The van der Waals surface area contributed by atoms with Gasteiger partial charge in [0, 0.05) is 32.8 Å². The van der Waals surface area contributed by atoms with Crippen molar-refractivity contribution < 1.29 is 52.7 Å². The molecule has 11 aromatic rings. The number of fused-ring (bicyclic) bond motifs is 6. The molecule has 0 radical (unpaired) electrons. The van der Waals surface area contributed by atoms with Crippen molar-refractivity contribution in [2.75, 3.05) is 0 Å². The van der Waals surface area contributed by atoms with E-state index >= 15 is 0 Å². The first-order valence-corrected chi connectivity index (χ1v) is 23.4. The summed E-state index contributed by atoms with van der Waals surface area (Å²) in [6, 6.07) is 42.7. The Morgan fingerprint density at radius 2 is 0.882 bits per heavy atom. The lowest BCUT2D eigenvalue weighted by molar-refractivity contribution is -0.143. The Hall–Kier alpha value is -8.77. The minimum Gasteiger partial charge on any atom is -0.310 e. The first kappa shape index (κ1) is 49.4. The largest absolute Gasteiger partial charge is 0.417 e. The molecule has 76 heavy (non-hydrogen) atoms. The number of para-hydroxylation sites is 2. The van der Waals surface area contributed by atoms with Crippen molar-refractivity contribution in [2.45, 2.75) is 38.6 Å². The van der Waals surface area contributed by atoms with Crippen LogP contribution in [0.4, 0.5) is 58.4 Å². The highest BCUT2D eigenvalue weighted by Crippen LogP contribution is 2.49. The summed E-state index contributed by atoms with van der Waals surface area (Å²) in [5.74, 6) is 0. The van der Waals surface area contributed by atoms with Crippen molar-refractivity contribution in [3.05, 3.63) is 221 Å². The van der Waals surface area contributed by atoms with Crippen LogP contribution >= 0.6 is 0 Å². The van der Waals surface area contributed by atoms with Gasteiger partial charge in [-0.05, 0) is 143 Å². The third-order valence-corrected chi connectivity index (χ3v) is 13.7. The molecule has 3 nitrogen and oxygen atoms in total. The van der Waals surface area contributed by atoms with Crippen LogP contribution in [-0.2, 0) is 24.7 Å². The van der Waals surface area contributed by atoms with Gasteiger partial charge in [0.2, 0.25) is 0 Å². The van der Waals surface area contributed by atoms with E-state index in [2.05, 4.69) is 4.85 Å². The molecule has 0 amide bonds. The van der Waals surface area contributed by atoms with E-state index in [1.165, 1.54) is 25.1 Å². The van der Waals surface area contributed by atoms with Gasteiger partial charge < -0.3 is 9.13 Å². The highest BCUT2D eigenvalue weighted by atomic mass is 19.4. The van der Waals surface area contributed by atoms with Crippen molar-refractivity contribution in [3.63, 3.8) is 0 Å². The number of aromatic nitrogens is 2. The summed E-state index contributed by atoms with van der Waals surface area (Å²) < 4.78 is 176. The molecule has 0 fully saturated rings. The van der Waals surface area contributed by atoms with E-state index in [0.717, 1.165) is 24.3 Å². The van der Waals surface area contributed by atoms with Crippen LogP contribution in [0.25, 0.3) is 104 Å². The summed E-state index contributed by atoms with van der Waals surface area (Å²) in [6.45, 7) is 11.7. The van der Waals surface area contributed by atoms with Crippen LogP contribution in [0.3, 0.4) is 0 Å². The lowest BCUT2D eigenvalue weighted by Crippen LogP contribution is -2.12. The number of hydrogen-bond donors (Lipinski definition) is 0. The molecular weight excluding hydrogens is 1000 g/mol. The van der Waals surface area contributed by atoms with Gasteiger partial charge in [-0.25, -0.2) is 4.85 Å². The molecule has 2 aromatic heterocycles. The summed E-state index contributed by atoms with van der Waals surface area (Å²) in [5, 5.41) is 2.17. The van der Waals surface area contributed by atoms with Gasteiger partial charge in [0.15, 0.2) is 5.69 Å². The summed E-state index contributed by atoms with van der Waals surface area (Å²) in [7, 11) is 0. The van der Waals surface area contributed by atoms with Crippen LogP contribution < -0.4 is 0 Å². The van der Waals surface area contributed by atoms with Crippen molar-refractivity contribution in [1.29, 1.82) is 0 Å². The third kappa shape index (κ3) is 8.47. The highest BCUT2D eigenvalue weighted by molar-refractivity contribution is 6.13. The van der Waals surface area contributed by atoms with E-state index < -0.39 is 52.5 Å². The topological polar surface area (TPSA) is 14.2 Å². The molecular formula is C61H35F12N3. The SMILES string of the molecule is [C-]#[N+]c1cccc(-n2c3ccccc3c3cc(-c4ccc(C(F)(F)F)cc4C(F)(F)F)ccc32)c1-c1cc(-c2cc(C)cc(C(F)(F)F)c2)ccc1-n1c2ccccc2c2cc(-c3ccc(C)cc3C(F)(F)F)ccc21. The molecule has 0 bridgehead atoms. The average Bonchev–Trinajstić information content (AvgIpc) is 3.89. The van der Waals surface area contributed by atoms with E-state index in [9.17, 15) is 52.7 Å². The van der Waals surface area contributed by atoms with Crippen molar-refractivity contribution in [3.8, 4) is 55.9 Å². The molecule has 0 aliphatic heterocycles. The zero-order chi connectivity index (χ0) is 53.8. The predicted molar refractivity (Wildman–Crippen MR) is 273 cm³/mol. The van der Waals surface area contributed by atoms with Crippen LogP contribution in [0.1, 0.15) is 33.4 Å². The second-order valence-corrected chi connectivity index (χ2v) is 18.6. The van der Waals surface area contributed by atoms with Crippen molar-refractivity contribution in [2.24, 2.45) is 0 Å². The maximum absolute atomic E-state index is 14.6. The lowest BCUT2D eigenvalue weighted by Gasteiger charge is -2.21. The van der Waals surface area contributed by atoms with Gasteiger partial charge in [0.1, 0.15) is 0 Å². The van der Waals surface area contributed by atoms with Gasteiger partial charge in [0.25, 0.3) is 0 Å². The number of hydrogen-bond acceptors (Lipinski definition) is 0. The number of rotatable bonds is 6. The highest BCUT2D eigenvalue weighted by Gasteiger charge is 2.39. The molecule has 0 saturated carbocycles. The van der Waals surface area contributed by atoms with Crippen molar-refractivity contribution >= 4 is 49.3 Å². The fraction of sp³-hybridized carbons (Fsp3) is 0.0984. The maximum Gasteiger partial charge on any atom is 0.417 e. The average molecular weight is 1040 g/mol. The molecule has 0 unspecified atom stereocenters. The Kier molecular flexibility index (Phi) is 11.5. The van der Waals surface area contributed by atoms with Gasteiger partial charge in [-0.15, -0.1) is 0 Å². The summed E-state index contributed by atoms with van der Waals surface area (Å²) in [4.78, 5) is 3.98. The van der Waals surface area contributed by atoms with Gasteiger partial charge >= 0.3 is 24.7 Å². The van der Waals surface area contributed by atoms with E-state index in [1.54, 1.807) is 121 Å². The Morgan fingerprint density at radius 3 is 1.45 bits per heavy atom. The molecule has 11 rings (SSSR count). The summed E-state index contributed by atoms with van der Waals surface area (Å²) >= 11 is 0. The molecule has 378 valence electrons. The van der Waals surface area contributed by atoms with Crippen LogP contribution in [0.15, 0.2) is 176 Å². The molecule has 0 N–H and O–H groups in total. The second kappa shape index (κ2) is 17.7. The minimum atomic E-state index is -5.16. The second-order valence-electron chi connectivity index (χ2n) is 18.6. The molecule has 0 saturated heterocycles.